The molecule has 0 spiro atoms. The molecule has 0 unspecified atom stereocenters. The quantitative estimate of drug-likeness (QED) is 0.245. The molecule has 1 saturated carbocycles. The SMILES string of the molecule is Cc1cc2c(nc(-c3ccc4occ(C)c(=O)c4c3)n2C2CCCCC2)c(-c2ccc3c(c2)C(=O)CCO3)c1C(=O)O. The van der Waals surface area contributed by atoms with E-state index in [0.717, 1.165) is 36.8 Å². The fourth-order valence-electron chi connectivity index (χ4n) is 6.61. The molecule has 1 aliphatic heterocycles. The summed E-state index contributed by atoms with van der Waals surface area (Å²) < 4.78 is 13.6. The maximum absolute atomic E-state index is 13.0. The van der Waals surface area contributed by atoms with E-state index in [1.54, 1.807) is 38.1 Å². The van der Waals surface area contributed by atoms with Gasteiger partial charge in [0.1, 0.15) is 17.2 Å². The summed E-state index contributed by atoms with van der Waals surface area (Å²) in [5, 5.41) is 10.9. The van der Waals surface area contributed by atoms with Crippen LogP contribution in [0.25, 0.3) is 44.5 Å². The predicted molar refractivity (Wildman–Crippen MR) is 160 cm³/mol. The van der Waals surface area contributed by atoms with Crippen LogP contribution in [0.4, 0.5) is 0 Å². The molecule has 7 rings (SSSR count). The minimum Gasteiger partial charge on any atom is -0.492 e. The van der Waals surface area contributed by atoms with E-state index in [9.17, 15) is 19.5 Å². The summed E-state index contributed by atoms with van der Waals surface area (Å²) in [6.07, 6.45) is 7.07. The van der Waals surface area contributed by atoms with Crippen molar-refractivity contribution >= 4 is 33.8 Å². The van der Waals surface area contributed by atoms with Gasteiger partial charge in [0, 0.05) is 29.2 Å². The van der Waals surface area contributed by atoms with E-state index in [0.29, 0.717) is 62.5 Å². The Hall–Kier alpha value is -4.72. The number of nitrogens with zero attached hydrogens (tertiary/aromatic N) is 2. The molecule has 8 nitrogen and oxygen atoms in total. The second-order valence-electron chi connectivity index (χ2n) is 11.4. The Labute approximate surface area is 241 Å². The van der Waals surface area contributed by atoms with Crippen LogP contribution in [0, 0.1) is 13.8 Å². The van der Waals surface area contributed by atoms with Crippen LogP contribution in [-0.4, -0.2) is 33.0 Å². The third kappa shape index (κ3) is 4.12. The van der Waals surface area contributed by atoms with Gasteiger partial charge in [0.15, 0.2) is 11.2 Å². The lowest BCUT2D eigenvalue weighted by molar-refractivity contribution is 0.0696. The van der Waals surface area contributed by atoms with Gasteiger partial charge in [-0.15, -0.1) is 0 Å². The minimum absolute atomic E-state index is 0.0300. The number of benzene rings is 3. The molecule has 2 aromatic heterocycles. The van der Waals surface area contributed by atoms with Crippen molar-refractivity contribution in [3.05, 3.63) is 81.2 Å². The molecule has 0 saturated heterocycles. The molecule has 8 heteroatoms. The van der Waals surface area contributed by atoms with Gasteiger partial charge in [-0.3, -0.25) is 9.59 Å². The zero-order valence-corrected chi connectivity index (χ0v) is 23.5. The third-order valence-electron chi connectivity index (χ3n) is 8.69. The Morgan fingerprint density at radius 2 is 1.76 bits per heavy atom. The normalized spacial score (nSPS) is 15.6. The summed E-state index contributed by atoms with van der Waals surface area (Å²) in [5.74, 6) is 0.101. The summed E-state index contributed by atoms with van der Waals surface area (Å²) in [6, 6.07) is 12.9. The lowest BCUT2D eigenvalue weighted by Gasteiger charge is -2.26. The average Bonchev–Trinajstić information content (AvgIpc) is 3.37. The first-order valence-corrected chi connectivity index (χ1v) is 14.4. The number of hydrogen-bond donors (Lipinski definition) is 1. The van der Waals surface area contributed by atoms with Crippen LogP contribution in [-0.2, 0) is 0 Å². The lowest BCUT2D eigenvalue weighted by atomic mass is 9.91. The van der Waals surface area contributed by atoms with Crippen LogP contribution in [0.3, 0.4) is 0 Å². The number of carbonyl (C=O) groups excluding carboxylic acids is 1. The van der Waals surface area contributed by atoms with Crippen molar-refractivity contribution in [1.29, 1.82) is 0 Å². The average molecular weight is 563 g/mol. The Morgan fingerprint density at radius 3 is 2.55 bits per heavy atom. The van der Waals surface area contributed by atoms with Crippen molar-refractivity contribution in [2.45, 2.75) is 58.4 Å². The highest BCUT2D eigenvalue weighted by molar-refractivity contribution is 6.09. The molecule has 5 aromatic rings. The van der Waals surface area contributed by atoms with Crippen LogP contribution >= 0.6 is 0 Å². The number of carboxylic acid groups (broad SMARTS) is 1. The summed E-state index contributed by atoms with van der Waals surface area (Å²) in [5.41, 5.74) is 5.39. The summed E-state index contributed by atoms with van der Waals surface area (Å²) in [4.78, 5) is 43.7. The largest absolute Gasteiger partial charge is 0.492 e. The highest BCUT2D eigenvalue weighted by Gasteiger charge is 2.29. The first-order chi connectivity index (χ1) is 20.3. The Balaban J connectivity index is 1.56. The molecule has 3 heterocycles. The summed E-state index contributed by atoms with van der Waals surface area (Å²) in [7, 11) is 0. The Kier molecular flexibility index (Phi) is 6.22. The molecule has 1 N–H and O–H groups in total. The van der Waals surface area contributed by atoms with Gasteiger partial charge >= 0.3 is 5.97 Å². The van der Waals surface area contributed by atoms with Crippen LogP contribution in [0.2, 0.25) is 0 Å². The predicted octanol–water partition coefficient (Wildman–Crippen LogP) is 7.26. The van der Waals surface area contributed by atoms with E-state index in [1.807, 2.05) is 18.2 Å². The van der Waals surface area contributed by atoms with E-state index in [4.69, 9.17) is 14.1 Å². The number of aromatic nitrogens is 2. The van der Waals surface area contributed by atoms with Crippen molar-refractivity contribution in [3.63, 3.8) is 0 Å². The highest BCUT2D eigenvalue weighted by Crippen LogP contribution is 2.42. The van der Waals surface area contributed by atoms with Crippen LogP contribution in [0.1, 0.15) is 76.4 Å². The number of Topliss-reactive ketones (excluding diaryl/α,β-unsaturated/α-hetero) is 1. The molecule has 2 aliphatic rings. The fraction of sp³-hybridized carbons (Fsp3) is 0.294. The molecular formula is C34H30N2O6. The first kappa shape index (κ1) is 26.2. The zero-order chi connectivity index (χ0) is 29.1. The van der Waals surface area contributed by atoms with E-state index in [2.05, 4.69) is 4.57 Å². The lowest BCUT2D eigenvalue weighted by Crippen LogP contribution is -2.15. The number of hydrogen-bond acceptors (Lipinski definition) is 6. The number of rotatable bonds is 4. The third-order valence-corrected chi connectivity index (χ3v) is 8.69. The van der Waals surface area contributed by atoms with E-state index < -0.39 is 5.97 Å². The number of ketones is 1. The van der Waals surface area contributed by atoms with Gasteiger partial charge in [-0.1, -0.05) is 25.3 Å². The highest BCUT2D eigenvalue weighted by atomic mass is 16.5. The number of aryl methyl sites for hydroxylation is 2. The van der Waals surface area contributed by atoms with Gasteiger partial charge in [-0.2, -0.15) is 0 Å². The molecule has 0 radical (unpaired) electrons. The summed E-state index contributed by atoms with van der Waals surface area (Å²) in [6.45, 7) is 3.87. The van der Waals surface area contributed by atoms with Gasteiger partial charge < -0.3 is 18.8 Å². The molecule has 42 heavy (non-hydrogen) atoms. The standard InChI is InChI=1S/C34H30N2O6/c1-18-14-25-31(30(29(18)34(39)40)20-8-10-27-23(15-20)26(37)12-13-41-27)35-33(36(25)22-6-4-3-5-7-22)21-9-11-28-24(16-21)32(38)19(2)17-42-28/h8-11,14-17,22H,3-7,12-13H2,1-2H3,(H,39,40). The molecule has 1 fully saturated rings. The monoisotopic (exact) mass is 562 g/mol. The van der Waals surface area contributed by atoms with E-state index in [1.165, 1.54) is 12.7 Å². The molecule has 0 bridgehead atoms. The van der Waals surface area contributed by atoms with Gasteiger partial charge in [0.2, 0.25) is 0 Å². The second-order valence-corrected chi connectivity index (χ2v) is 11.4. The molecule has 0 amide bonds. The number of aromatic carboxylic acids is 1. The maximum Gasteiger partial charge on any atom is 0.336 e. The van der Waals surface area contributed by atoms with Crippen molar-refractivity contribution in [1.82, 2.24) is 9.55 Å². The van der Waals surface area contributed by atoms with E-state index >= 15 is 0 Å². The minimum atomic E-state index is -1.06. The van der Waals surface area contributed by atoms with Crippen molar-refractivity contribution in [3.8, 4) is 28.3 Å². The number of fused-ring (bicyclic) bond motifs is 3. The molecule has 0 atom stereocenters. The van der Waals surface area contributed by atoms with Gasteiger partial charge in [0.05, 0.1) is 40.4 Å². The van der Waals surface area contributed by atoms with Crippen molar-refractivity contribution < 1.29 is 23.8 Å². The van der Waals surface area contributed by atoms with Crippen LogP contribution < -0.4 is 10.2 Å². The fourth-order valence-corrected chi connectivity index (χ4v) is 6.61. The first-order valence-electron chi connectivity index (χ1n) is 14.4. The Bertz CT molecular complexity index is 1990. The number of carboxylic acids is 1. The van der Waals surface area contributed by atoms with Gasteiger partial charge in [-0.25, -0.2) is 9.78 Å². The zero-order valence-electron chi connectivity index (χ0n) is 23.5. The topological polar surface area (TPSA) is 112 Å². The second kappa shape index (κ2) is 9.98. The van der Waals surface area contributed by atoms with Crippen LogP contribution in [0.5, 0.6) is 5.75 Å². The number of carbonyl (C=O) groups is 2. The molecule has 3 aromatic carbocycles. The van der Waals surface area contributed by atoms with E-state index in [-0.39, 0.29) is 29.2 Å². The number of imidazole rings is 1. The van der Waals surface area contributed by atoms with Gasteiger partial charge in [0.25, 0.3) is 0 Å². The van der Waals surface area contributed by atoms with Crippen molar-refractivity contribution in [2.75, 3.05) is 6.61 Å². The van der Waals surface area contributed by atoms with Gasteiger partial charge in [-0.05, 0) is 74.2 Å². The molecular weight excluding hydrogens is 532 g/mol. The maximum atomic E-state index is 13.0. The van der Waals surface area contributed by atoms with Crippen LogP contribution in [0.15, 0.2) is 57.9 Å². The smallest absolute Gasteiger partial charge is 0.336 e. The number of ether oxygens (including phenoxy) is 1. The van der Waals surface area contributed by atoms with Crippen molar-refractivity contribution in [2.24, 2.45) is 0 Å². The summed E-state index contributed by atoms with van der Waals surface area (Å²) >= 11 is 0. The molecule has 1 aliphatic carbocycles. The Morgan fingerprint density at radius 1 is 0.976 bits per heavy atom. The molecule has 212 valence electrons.